The van der Waals surface area contributed by atoms with Gasteiger partial charge in [-0.25, -0.2) is 12.3 Å². The quantitative estimate of drug-likeness (QED) is 0.343. The number of halogens is 3. The van der Waals surface area contributed by atoms with E-state index in [0.29, 0.717) is 12.1 Å². The monoisotopic (exact) mass is 196 g/mol. The summed E-state index contributed by atoms with van der Waals surface area (Å²) in [4.78, 5) is 0. The Kier molecular flexibility index (Phi) is 6.15. The first kappa shape index (κ1) is 11.7. The molecule has 0 aromatic heterocycles. The lowest BCUT2D eigenvalue weighted by atomic mass is 10.2. The molecule has 0 radical (unpaired) electrons. The predicted octanol–water partition coefficient (Wildman–Crippen LogP) is 3.90. The minimum Gasteiger partial charge on any atom is -0.234 e. The molecule has 0 bridgehead atoms. The van der Waals surface area contributed by atoms with Gasteiger partial charge in [-0.3, -0.25) is 0 Å². The van der Waals surface area contributed by atoms with Crippen LogP contribution in [0, 0.1) is 0 Å². The standard InChI is InChI=1S/C8H15F3Si/c1-2-3-4-5-6-7-8-12(9,10)11/h7-8H,2-6H2,1H3. The summed E-state index contributed by atoms with van der Waals surface area (Å²) in [5.41, 5.74) is 0.457. The summed E-state index contributed by atoms with van der Waals surface area (Å²) < 4.78 is 35.0. The van der Waals surface area contributed by atoms with Gasteiger partial charge in [-0.2, -0.15) is 0 Å². The maximum Gasteiger partial charge on any atom is 0.645 e. The van der Waals surface area contributed by atoms with Gasteiger partial charge in [0.2, 0.25) is 0 Å². The van der Waals surface area contributed by atoms with Crippen LogP contribution in [0.1, 0.15) is 39.0 Å². The Hall–Kier alpha value is -0.253. The van der Waals surface area contributed by atoms with Crippen molar-refractivity contribution in [3.8, 4) is 0 Å². The zero-order chi connectivity index (χ0) is 9.45. The van der Waals surface area contributed by atoms with Gasteiger partial charge in [0.15, 0.2) is 0 Å². The summed E-state index contributed by atoms with van der Waals surface area (Å²) >= 11 is 0. The maximum absolute atomic E-state index is 11.7. The molecule has 0 aromatic rings. The Morgan fingerprint density at radius 1 is 1.08 bits per heavy atom. The third-order valence-corrected chi connectivity index (χ3v) is 2.14. The van der Waals surface area contributed by atoms with Gasteiger partial charge in [0.25, 0.3) is 0 Å². The largest absolute Gasteiger partial charge is 0.645 e. The Morgan fingerprint density at radius 3 is 2.25 bits per heavy atom. The van der Waals surface area contributed by atoms with Crippen LogP contribution in [0.4, 0.5) is 12.3 Å². The van der Waals surface area contributed by atoms with Crippen molar-refractivity contribution >= 4 is 9.08 Å². The second-order valence-electron chi connectivity index (χ2n) is 2.79. The van der Waals surface area contributed by atoms with Gasteiger partial charge >= 0.3 is 9.08 Å². The van der Waals surface area contributed by atoms with E-state index in [1.165, 1.54) is 6.08 Å². The first-order chi connectivity index (χ1) is 5.56. The third kappa shape index (κ3) is 9.75. The molecule has 0 rings (SSSR count). The van der Waals surface area contributed by atoms with Gasteiger partial charge in [-0.05, 0) is 18.5 Å². The fourth-order valence-corrected chi connectivity index (χ4v) is 1.34. The molecule has 0 unspecified atom stereocenters. The molecule has 0 spiro atoms. The highest BCUT2D eigenvalue weighted by Gasteiger charge is 2.31. The van der Waals surface area contributed by atoms with E-state index in [9.17, 15) is 12.3 Å². The zero-order valence-electron chi connectivity index (χ0n) is 7.32. The van der Waals surface area contributed by atoms with E-state index in [4.69, 9.17) is 0 Å². The van der Waals surface area contributed by atoms with E-state index in [0.717, 1.165) is 25.7 Å². The minimum atomic E-state index is -5.41. The van der Waals surface area contributed by atoms with Gasteiger partial charge in [0.1, 0.15) is 0 Å². The second kappa shape index (κ2) is 6.28. The first-order valence-electron chi connectivity index (χ1n) is 4.30. The van der Waals surface area contributed by atoms with Crippen molar-refractivity contribution in [2.75, 3.05) is 0 Å². The fraction of sp³-hybridized carbons (Fsp3) is 0.750. The van der Waals surface area contributed by atoms with Crippen LogP contribution < -0.4 is 0 Å². The highest BCUT2D eigenvalue weighted by Crippen LogP contribution is 2.11. The summed E-state index contributed by atoms with van der Waals surface area (Å²) in [6.07, 6.45) is 6.01. The number of hydrogen-bond acceptors (Lipinski definition) is 0. The smallest absolute Gasteiger partial charge is 0.234 e. The van der Waals surface area contributed by atoms with E-state index in [1.807, 2.05) is 0 Å². The Labute approximate surface area is 73.0 Å². The summed E-state index contributed by atoms with van der Waals surface area (Å²) in [6, 6.07) is 0. The van der Waals surface area contributed by atoms with Crippen LogP contribution in [-0.4, -0.2) is 9.08 Å². The van der Waals surface area contributed by atoms with E-state index in [2.05, 4.69) is 6.92 Å². The minimum absolute atomic E-state index is 0.457. The topological polar surface area (TPSA) is 0 Å². The average Bonchev–Trinajstić information content (AvgIpc) is 1.94. The van der Waals surface area contributed by atoms with Crippen LogP contribution in [-0.2, 0) is 0 Å². The summed E-state index contributed by atoms with van der Waals surface area (Å²) in [5, 5.41) is 0. The molecule has 0 fully saturated rings. The summed E-state index contributed by atoms with van der Waals surface area (Å²) in [5.74, 6) is 0. The number of unbranched alkanes of at least 4 members (excludes halogenated alkanes) is 4. The SMILES string of the molecule is CCCCCCC=C[Si](F)(F)F. The molecule has 0 aliphatic carbocycles. The maximum atomic E-state index is 11.7. The van der Waals surface area contributed by atoms with E-state index < -0.39 is 9.08 Å². The first-order valence-corrected chi connectivity index (χ1v) is 6.02. The lowest BCUT2D eigenvalue weighted by Crippen LogP contribution is -2.09. The van der Waals surface area contributed by atoms with Crippen molar-refractivity contribution in [3.05, 3.63) is 11.8 Å². The van der Waals surface area contributed by atoms with Gasteiger partial charge < -0.3 is 0 Å². The number of rotatable bonds is 6. The molecule has 0 nitrogen and oxygen atoms in total. The van der Waals surface area contributed by atoms with Crippen LogP contribution in [0.2, 0.25) is 0 Å². The van der Waals surface area contributed by atoms with Crippen molar-refractivity contribution in [1.82, 2.24) is 0 Å². The molecule has 0 N–H and O–H groups in total. The molecule has 4 heteroatoms. The molecule has 0 amide bonds. The summed E-state index contributed by atoms with van der Waals surface area (Å²) in [6.45, 7) is 2.08. The van der Waals surface area contributed by atoms with Gasteiger partial charge in [0, 0.05) is 0 Å². The molecule has 0 heterocycles. The Morgan fingerprint density at radius 2 is 1.75 bits per heavy atom. The van der Waals surface area contributed by atoms with Crippen molar-refractivity contribution in [2.45, 2.75) is 39.0 Å². The van der Waals surface area contributed by atoms with Crippen LogP contribution in [0.25, 0.3) is 0 Å². The van der Waals surface area contributed by atoms with Gasteiger partial charge in [-0.1, -0.05) is 32.3 Å². The van der Waals surface area contributed by atoms with E-state index in [-0.39, 0.29) is 0 Å². The van der Waals surface area contributed by atoms with Crippen LogP contribution in [0.5, 0.6) is 0 Å². The zero-order valence-corrected chi connectivity index (χ0v) is 8.32. The molecule has 0 saturated heterocycles. The molecular weight excluding hydrogens is 181 g/mol. The van der Waals surface area contributed by atoms with Gasteiger partial charge in [0.05, 0.1) is 0 Å². The second-order valence-corrected chi connectivity index (χ2v) is 4.21. The Bertz CT molecular complexity index is 129. The Balaban J connectivity index is 3.25. The lowest BCUT2D eigenvalue weighted by Gasteiger charge is -1.95. The third-order valence-electron chi connectivity index (χ3n) is 1.53. The van der Waals surface area contributed by atoms with Crippen LogP contribution >= 0.6 is 0 Å². The van der Waals surface area contributed by atoms with Crippen molar-refractivity contribution in [3.63, 3.8) is 0 Å². The highest BCUT2D eigenvalue weighted by atomic mass is 28.5. The number of allylic oxidation sites excluding steroid dienone is 1. The molecule has 0 aliphatic heterocycles. The molecule has 12 heavy (non-hydrogen) atoms. The van der Waals surface area contributed by atoms with Crippen LogP contribution in [0.3, 0.4) is 0 Å². The van der Waals surface area contributed by atoms with Crippen molar-refractivity contribution in [1.29, 1.82) is 0 Å². The lowest BCUT2D eigenvalue weighted by molar-refractivity contribution is 0.498. The average molecular weight is 196 g/mol. The molecule has 0 aromatic carbocycles. The summed E-state index contributed by atoms with van der Waals surface area (Å²) in [7, 11) is -5.41. The van der Waals surface area contributed by atoms with Crippen molar-refractivity contribution < 1.29 is 12.3 Å². The normalized spacial score (nSPS) is 12.7. The molecule has 0 saturated carbocycles. The van der Waals surface area contributed by atoms with Crippen molar-refractivity contribution in [2.24, 2.45) is 0 Å². The fourth-order valence-electron chi connectivity index (χ4n) is 0.906. The molecule has 0 atom stereocenters. The molecule has 0 aliphatic rings. The van der Waals surface area contributed by atoms with E-state index in [1.54, 1.807) is 0 Å². The molecular formula is C8H15F3Si. The number of hydrogen-bond donors (Lipinski definition) is 0. The van der Waals surface area contributed by atoms with Crippen LogP contribution in [0.15, 0.2) is 11.8 Å². The highest BCUT2D eigenvalue weighted by molar-refractivity contribution is 6.64. The van der Waals surface area contributed by atoms with Gasteiger partial charge in [-0.15, -0.1) is 0 Å². The molecule has 72 valence electrons. The predicted molar refractivity (Wildman–Crippen MR) is 47.0 cm³/mol. The van der Waals surface area contributed by atoms with E-state index >= 15 is 0 Å².